The molecule has 1 amide bonds. The highest BCUT2D eigenvalue weighted by Crippen LogP contribution is 2.65. The van der Waals surface area contributed by atoms with Crippen LogP contribution in [0.3, 0.4) is 0 Å². The van der Waals surface area contributed by atoms with Crippen molar-refractivity contribution in [1.82, 2.24) is 20.2 Å². The Morgan fingerprint density at radius 3 is 2.72 bits per heavy atom. The van der Waals surface area contributed by atoms with E-state index in [9.17, 15) is 4.79 Å². The zero-order valence-corrected chi connectivity index (χ0v) is 18.1. The number of carbonyl (C=O) groups excluding carboxylic acids is 1. The Kier molecular flexibility index (Phi) is 3.96. The molecular formula is C22H26BrN5O. The number of benzene rings is 1. The second-order valence-electron chi connectivity index (χ2n) is 10.1. The molecule has 5 fully saturated rings. The molecule has 5 aliphatic carbocycles. The van der Waals surface area contributed by atoms with Crippen molar-refractivity contribution in [3.63, 3.8) is 0 Å². The third kappa shape index (κ3) is 3.31. The Bertz CT molecular complexity index is 954. The zero-order valence-electron chi connectivity index (χ0n) is 16.5. The molecule has 7 rings (SSSR count). The van der Waals surface area contributed by atoms with E-state index in [1.54, 1.807) is 0 Å². The van der Waals surface area contributed by atoms with Gasteiger partial charge in [0.2, 0.25) is 5.91 Å². The standard InChI is InChI=1S/C22H26BrN5O/c23-22-10-14-6-15(11-22)9-21(8-14,13-22)12-19(29)24-17-3-1-2-16(7-17)20-25-26-27-28(20)18-4-5-18/h1-3,7,14-15,18H,4-6,8-13H2,(H,24,29). The van der Waals surface area contributed by atoms with Gasteiger partial charge >= 0.3 is 0 Å². The van der Waals surface area contributed by atoms with Gasteiger partial charge in [0.1, 0.15) is 0 Å². The van der Waals surface area contributed by atoms with Crippen molar-refractivity contribution >= 4 is 27.5 Å². The molecule has 5 aliphatic rings. The van der Waals surface area contributed by atoms with Crippen LogP contribution in [0.2, 0.25) is 0 Å². The summed E-state index contributed by atoms with van der Waals surface area (Å²) in [6.45, 7) is 0. The minimum atomic E-state index is 0.141. The highest BCUT2D eigenvalue weighted by atomic mass is 79.9. The molecule has 29 heavy (non-hydrogen) atoms. The molecule has 2 aromatic rings. The van der Waals surface area contributed by atoms with Crippen LogP contribution in [0.15, 0.2) is 24.3 Å². The maximum absolute atomic E-state index is 13.0. The molecule has 1 aromatic heterocycles. The number of amides is 1. The van der Waals surface area contributed by atoms with E-state index < -0.39 is 0 Å². The lowest BCUT2D eigenvalue weighted by molar-refractivity contribution is -0.123. The number of hydrogen-bond acceptors (Lipinski definition) is 4. The number of nitrogens with zero attached hydrogens (tertiary/aromatic N) is 4. The van der Waals surface area contributed by atoms with Gasteiger partial charge in [-0.1, -0.05) is 28.1 Å². The third-order valence-electron chi connectivity index (χ3n) is 7.44. The maximum Gasteiger partial charge on any atom is 0.224 e. The SMILES string of the molecule is O=C(CC12CC3CC(CC(Br)(C3)C1)C2)Nc1cccc(-c2nnnn2C2CC2)c1. The summed E-state index contributed by atoms with van der Waals surface area (Å²) >= 11 is 4.05. The van der Waals surface area contributed by atoms with Gasteiger partial charge in [0.05, 0.1) is 6.04 Å². The fraction of sp³-hybridized carbons (Fsp3) is 0.636. The number of hydrogen-bond donors (Lipinski definition) is 1. The summed E-state index contributed by atoms with van der Waals surface area (Å²) in [5.74, 6) is 2.52. The van der Waals surface area contributed by atoms with Gasteiger partial charge in [0.15, 0.2) is 5.82 Å². The van der Waals surface area contributed by atoms with Gasteiger partial charge in [-0.05, 0) is 91.2 Å². The van der Waals surface area contributed by atoms with Gasteiger partial charge in [-0.2, -0.15) is 0 Å². The van der Waals surface area contributed by atoms with Gasteiger partial charge in [-0.3, -0.25) is 4.79 Å². The first kappa shape index (κ1) is 18.0. The number of tetrazole rings is 1. The Balaban J connectivity index is 1.18. The predicted octanol–water partition coefficient (Wildman–Crippen LogP) is 4.74. The summed E-state index contributed by atoms with van der Waals surface area (Å²) in [6, 6.07) is 8.35. The first-order chi connectivity index (χ1) is 14.0. The Morgan fingerprint density at radius 2 is 2.00 bits per heavy atom. The number of anilines is 1. The van der Waals surface area contributed by atoms with Crippen LogP contribution in [0, 0.1) is 17.3 Å². The number of halogens is 1. The van der Waals surface area contributed by atoms with Crippen molar-refractivity contribution in [2.75, 3.05) is 5.32 Å². The second kappa shape index (κ2) is 6.37. The first-order valence-corrected chi connectivity index (χ1v) is 11.7. The number of aromatic nitrogens is 4. The molecule has 152 valence electrons. The molecule has 5 saturated carbocycles. The number of rotatable bonds is 5. The van der Waals surface area contributed by atoms with Crippen molar-refractivity contribution in [3.05, 3.63) is 24.3 Å². The zero-order chi connectivity index (χ0) is 19.6. The van der Waals surface area contributed by atoms with Gasteiger partial charge < -0.3 is 5.32 Å². The molecule has 0 radical (unpaired) electrons. The smallest absolute Gasteiger partial charge is 0.224 e. The van der Waals surface area contributed by atoms with E-state index >= 15 is 0 Å². The van der Waals surface area contributed by atoms with Crippen molar-refractivity contribution < 1.29 is 4.79 Å². The van der Waals surface area contributed by atoms with E-state index in [4.69, 9.17) is 0 Å². The molecule has 6 nitrogen and oxygen atoms in total. The molecule has 2 atom stereocenters. The summed E-state index contributed by atoms with van der Waals surface area (Å²) in [4.78, 5) is 13.0. The number of alkyl halides is 1. The Labute approximate surface area is 179 Å². The fourth-order valence-electron chi connectivity index (χ4n) is 6.77. The highest BCUT2D eigenvalue weighted by molar-refractivity contribution is 9.10. The summed E-state index contributed by atoms with van der Waals surface area (Å²) in [7, 11) is 0. The molecule has 7 heteroatoms. The van der Waals surface area contributed by atoms with Crippen LogP contribution in [0.5, 0.6) is 0 Å². The summed E-state index contributed by atoms with van der Waals surface area (Å²) < 4.78 is 2.20. The van der Waals surface area contributed by atoms with E-state index in [2.05, 4.69) is 36.8 Å². The molecule has 2 unspecified atom stereocenters. The van der Waals surface area contributed by atoms with E-state index in [0.717, 1.165) is 48.2 Å². The van der Waals surface area contributed by atoms with Crippen LogP contribution >= 0.6 is 15.9 Å². The fourth-order valence-corrected chi connectivity index (χ4v) is 8.28. The van der Waals surface area contributed by atoms with Crippen LogP contribution in [0.25, 0.3) is 11.4 Å². The average Bonchev–Trinajstić information content (AvgIpc) is 3.35. The van der Waals surface area contributed by atoms with Crippen molar-refractivity contribution in [2.45, 2.75) is 68.2 Å². The van der Waals surface area contributed by atoms with Crippen LogP contribution in [0.1, 0.15) is 63.8 Å². The predicted molar refractivity (Wildman–Crippen MR) is 114 cm³/mol. The lowest BCUT2D eigenvalue weighted by Crippen LogP contribution is -2.53. The molecule has 1 aromatic carbocycles. The third-order valence-corrected chi connectivity index (χ3v) is 8.36. The van der Waals surface area contributed by atoms with E-state index in [-0.39, 0.29) is 15.6 Å². The van der Waals surface area contributed by atoms with Crippen LogP contribution in [-0.2, 0) is 4.79 Å². The van der Waals surface area contributed by atoms with Crippen LogP contribution in [-0.4, -0.2) is 30.4 Å². The Morgan fingerprint density at radius 1 is 1.21 bits per heavy atom. The van der Waals surface area contributed by atoms with Crippen molar-refractivity contribution in [2.24, 2.45) is 17.3 Å². The molecule has 1 heterocycles. The number of nitrogens with one attached hydrogen (secondary N) is 1. The molecule has 0 aliphatic heterocycles. The molecule has 0 spiro atoms. The first-order valence-electron chi connectivity index (χ1n) is 10.9. The largest absolute Gasteiger partial charge is 0.326 e. The summed E-state index contributed by atoms with van der Waals surface area (Å²) in [6.07, 6.45) is 10.5. The average molecular weight is 456 g/mol. The molecular weight excluding hydrogens is 430 g/mol. The second-order valence-corrected chi connectivity index (χ2v) is 11.8. The Hall–Kier alpha value is -1.76. The topological polar surface area (TPSA) is 72.7 Å². The lowest BCUT2D eigenvalue weighted by Gasteiger charge is -2.60. The van der Waals surface area contributed by atoms with Crippen LogP contribution in [0.4, 0.5) is 5.69 Å². The highest BCUT2D eigenvalue weighted by Gasteiger charge is 2.57. The molecule has 0 saturated heterocycles. The normalized spacial score (nSPS) is 35.1. The van der Waals surface area contributed by atoms with Gasteiger partial charge in [-0.15, -0.1) is 5.10 Å². The van der Waals surface area contributed by atoms with Crippen molar-refractivity contribution in [3.8, 4) is 11.4 Å². The van der Waals surface area contributed by atoms with E-state index in [1.807, 2.05) is 28.9 Å². The maximum atomic E-state index is 13.0. The van der Waals surface area contributed by atoms with Crippen LogP contribution < -0.4 is 5.32 Å². The summed E-state index contributed by atoms with van der Waals surface area (Å²) in [5.41, 5.74) is 1.97. The monoisotopic (exact) mass is 455 g/mol. The molecule has 1 N–H and O–H groups in total. The lowest BCUT2D eigenvalue weighted by atomic mass is 9.48. The van der Waals surface area contributed by atoms with Gasteiger partial charge in [0.25, 0.3) is 0 Å². The minimum absolute atomic E-state index is 0.141. The van der Waals surface area contributed by atoms with E-state index in [1.165, 1.54) is 32.1 Å². The summed E-state index contributed by atoms with van der Waals surface area (Å²) in [5, 5.41) is 15.4. The minimum Gasteiger partial charge on any atom is -0.326 e. The van der Waals surface area contributed by atoms with Gasteiger partial charge in [0, 0.05) is 22.0 Å². The van der Waals surface area contributed by atoms with Gasteiger partial charge in [-0.25, -0.2) is 4.68 Å². The molecule has 4 bridgehead atoms. The quantitative estimate of drug-likeness (QED) is 0.660. The van der Waals surface area contributed by atoms with Crippen molar-refractivity contribution in [1.29, 1.82) is 0 Å². The van der Waals surface area contributed by atoms with E-state index in [0.29, 0.717) is 12.5 Å². The number of carbonyl (C=O) groups is 1.